The lowest BCUT2D eigenvalue weighted by Gasteiger charge is -2.36. The van der Waals surface area contributed by atoms with Gasteiger partial charge in [0.05, 0.1) is 0 Å². The molecule has 0 aromatic heterocycles. The molecule has 3 saturated heterocycles. The van der Waals surface area contributed by atoms with Crippen LogP contribution in [0.5, 0.6) is 0 Å². The molecule has 0 saturated carbocycles. The van der Waals surface area contributed by atoms with E-state index in [2.05, 4.69) is 10.6 Å². The topological polar surface area (TPSA) is 104 Å². The summed E-state index contributed by atoms with van der Waals surface area (Å²) < 4.78 is 29.7. The molecule has 31 heavy (non-hydrogen) atoms. The molecule has 0 unspecified atom stereocenters. The summed E-state index contributed by atoms with van der Waals surface area (Å²) in [6, 6.07) is 6.62. The van der Waals surface area contributed by atoms with Crippen molar-refractivity contribution < 1.29 is 33.3 Å². The Balaban J connectivity index is 1.44. The van der Waals surface area contributed by atoms with Crippen LogP contribution < -0.4 is 10.6 Å². The van der Waals surface area contributed by atoms with E-state index < -0.39 is 54.2 Å². The Kier molecular flexibility index (Phi) is 5.60. The van der Waals surface area contributed by atoms with Crippen LogP contribution >= 0.6 is 0 Å². The molecule has 1 aromatic carbocycles. The number of carbonyl (C=O) groups is 2. The van der Waals surface area contributed by atoms with E-state index in [1.165, 1.54) is 0 Å². The molecule has 3 aliphatic heterocycles. The number of benzene rings is 1. The van der Waals surface area contributed by atoms with Gasteiger partial charge in [0, 0.05) is 5.69 Å². The second-order valence-corrected chi connectivity index (χ2v) is 9.18. The van der Waals surface area contributed by atoms with Crippen molar-refractivity contribution in [1.29, 1.82) is 0 Å². The molecular formula is C22H30N2O7. The van der Waals surface area contributed by atoms with E-state index in [0.717, 1.165) is 5.56 Å². The molecule has 1 aromatic rings. The molecular weight excluding hydrogens is 404 g/mol. The van der Waals surface area contributed by atoms with Crippen LogP contribution in [0.25, 0.3) is 0 Å². The normalized spacial score (nSPS) is 33.8. The van der Waals surface area contributed by atoms with E-state index in [1.54, 1.807) is 34.6 Å². The standard InChI is InChI=1S/C22H30N2O7/c1-11-7-9-13(10-8-11)24-18(25)12(2)23-19(26)16-14-15(29-21(3,4)28-14)17-20(27-16)31-22(5,6)30-17/h7-10,12,14-17,20H,1-6H3,(H,23,26)(H,24,25)/t12-,14+,15+,16-,17+,20-/m1/s1. The van der Waals surface area contributed by atoms with Gasteiger partial charge in [0.1, 0.15) is 24.4 Å². The Morgan fingerprint density at radius 1 is 0.903 bits per heavy atom. The summed E-state index contributed by atoms with van der Waals surface area (Å²) in [6.45, 7) is 10.7. The summed E-state index contributed by atoms with van der Waals surface area (Å²) in [5, 5.41) is 5.50. The molecule has 0 radical (unpaired) electrons. The summed E-state index contributed by atoms with van der Waals surface area (Å²) in [7, 11) is 0. The summed E-state index contributed by atoms with van der Waals surface area (Å²) in [6.07, 6.45) is -3.54. The van der Waals surface area contributed by atoms with E-state index in [0.29, 0.717) is 5.69 Å². The van der Waals surface area contributed by atoms with Crippen LogP contribution in [0, 0.1) is 6.92 Å². The molecule has 6 atom stereocenters. The molecule has 3 aliphatic rings. The number of rotatable bonds is 4. The Labute approximate surface area is 181 Å². The van der Waals surface area contributed by atoms with Crippen LogP contribution in [-0.2, 0) is 33.3 Å². The fourth-order valence-corrected chi connectivity index (χ4v) is 4.07. The molecule has 0 aliphatic carbocycles. The van der Waals surface area contributed by atoms with Gasteiger partial charge in [-0.05, 0) is 53.7 Å². The van der Waals surface area contributed by atoms with Crippen molar-refractivity contribution >= 4 is 17.5 Å². The maximum absolute atomic E-state index is 13.1. The lowest BCUT2D eigenvalue weighted by Crippen LogP contribution is -2.60. The third-order valence-electron chi connectivity index (χ3n) is 5.48. The number of amides is 2. The number of fused-ring (bicyclic) bond motifs is 3. The lowest BCUT2D eigenvalue weighted by atomic mass is 9.98. The minimum atomic E-state index is -1.01. The van der Waals surface area contributed by atoms with E-state index in [1.807, 2.05) is 31.2 Å². The SMILES string of the molecule is Cc1ccc(NC(=O)[C@@H](C)NC(=O)[C@@H]2O[C@@H]3OC(C)(C)O[C@H]3[C@H]3OC(C)(C)O[C@@H]32)cc1. The Morgan fingerprint density at radius 2 is 1.48 bits per heavy atom. The maximum Gasteiger partial charge on any atom is 0.252 e. The highest BCUT2D eigenvalue weighted by atomic mass is 16.9. The molecule has 2 N–H and O–H groups in total. The smallest absolute Gasteiger partial charge is 0.252 e. The first-order chi connectivity index (χ1) is 14.4. The van der Waals surface area contributed by atoms with Gasteiger partial charge in [-0.2, -0.15) is 0 Å². The summed E-state index contributed by atoms with van der Waals surface area (Å²) in [4.78, 5) is 25.6. The molecule has 0 bridgehead atoms. The van der Waals surface area contributed by atoms with E-state index in [4.69, 9.17) is 23.7 Å². The van der Waals surface area contributed by atoms with Gasteiger partial charge < -0.3 is 34.3 Å². The zero-order chi connectivity index (χ0) is 22.6. The Bertz CT molecular complexity index is 854. The van der Waals surface area contributed by atoms with Gasteiger partial charge >= 0.3 is 0 Å². The third-order valence-corrected chi connectivity index (χ3v) is 5.48. The average molecular weight is 434 g/mol. The highest BCUT2D eigenvalue weighted by molar-refractivity contribution is 5.97. The van der Waals surface area contributed by atoms with Crippen molar-refractivity contribution in [3.8, 4) is 0 Å². The quantitative estimate of drug-likeness (QED) is 0.745. The number of carbonyl (C=O) groups excluding carboxylic acids is 2. The zero-order valence-corrected chi connectivity index (χ0v) is 18.6. The molecule has 9 heteroatoms. The van der Waals surface area contributed by atoms with Gasteiger partial charge in [0.15, 0.2) is 24.0 Å². The number of hydrogen-bond acceptors (Lipinski definition) is 7. The molecule has 170 valence electrons. The molecule has 4 rings (SSSR count). The van der Waals surface area contributed by atoms with Gasteiger partial charge in [0.2, 0.25) is 5.91 Å². The first kappa shape index (κ1) is 22.2. The Hall–Kier alpha value is -2.04. The van der Waals surface area contributed by atoms with Gasteiger partial charge in [-0.25, -0.2) is 0 Å². The number of ether oxygens (including phenoxy) is 5. The van der Waals surface area contributed by atoms with Crippen molar-refractivity contribution in [1.82, 2.24) is 5.32 Å². The van der Waals surface area contributed by atoms with Crippen molar-refractivity contribution in [2.75, 3.05) is 5.32 Å². The maximum atomic E-state index is 13.1. The average Bonchev–Trinajstić information content (AvgIpc) is 3.16. The fourth-order valence-electron chi connectivity index (χ4n) is 4.07. The van der Waals surface area contributed by atoms with Gasteiger partial charge in [-0.3, -0.25) is 9.59 Å². The number of anilines is 1. The van der Waals surface area contributed by atoms with Crippen LogP contribution in [0.2, 0.25) is 0 Å². The van der Waals surface area contributed by atoms with E-state index in [-0.39, 0.29) is 5.91 Å². The molecule has 9 nitrogen and oxygen atoms in total. The van der Waals surface area contributed by atoms with Crippen molar-refractivity contribution in [3.63, 3.8) is 0 Å². The largest absolute Gasteiger partial charge is 0.342 e. The van der Waals surface area contributed by atoms with Crippen LogP contribution in [0.1, 0.15) is 40.2 Å². The zero-order valence-electron chi connectivity index (χ0n) is 18.6. The highest BCUT2D eigenvalue weighted by Crippen LogP contribution is 2.44. The van der Waals surface area contributed by atoms with E-state index >= 15 is 0 Å². The summed E-state index contributed by atoms with van der Waals surface area (Å²) in [5.41, 5.74) is 1.74. The minimum absolute atomic E-state index is 0.340. The van der Waals surface area contributed by atoms with Gasteiger partial charge in [-0.1, -0.05) is 17.7 Å². The fraction of sp³-hybridized carbons (Fsp3) is 0.636. The monoisotopic (exact) mass is 434 g/mol. The molecule has 2 amide bonds. The highest BCUT2D eigenvalue weighted by Gasteiger charge is 2.62. The van der Waals surface area contributed by atoms with Crippen molar-refractivity contribution in [3.05, 3.63) is 29.8 Å². The second kappa shape index (κ2) is 7.83. The van der Waals surface area contributed by atoms with Gasteiger partial charge in [-0.15, -0.1) is 0 Å². The first-order valence-electron chi connectivity index (χ1n) is 10.5. The predicted molar refractivity (Wildman–Crippen MR) is 110 cm³/mol. The Morgan fingerprint density at radius 3 is 2.16 bits per heavy atom. The first-order valence-corrected chi connectivity index (χ1v) is 10.5. The second-order valence-electron chi connectivity index (χ2n) is 9.18. The number of aryl methyl sites for hydroxylation is 1. The van der Waals surface area contributed by atoms with Crippen LogP contribution in [0.15, 0.2) is 24.3 Å². The molecule has 3 fully saturated rings. The predicted octanol–water partition coefficient (Wildman–Crippen LogP) is 1.83. The lowest BCUT2D eigenvalue weighted by molar-refractivity contribution is -0.231. The van der Waals surface area contributed by atoms with Crippen molar-refractivity contribution in [2.24, 2.45) is 0 Å². The van der Waals surface area contributed by atoms with Crippen molar-refractivity contribution in [2.45, 2.75) is 89.9 Å². The van der Waals surface area contributed by atoms with Crippen LogP contribution in [0.4, 0.5) is 5.69 Å². The van der Waals surface area contributed by atoms with Gasteiger partial charge in [0.25, 0.3) is 5.91 Å². The van der Waals surface area contributed by atoms with E-state index in [9.17, 15) is 9.59 Å². The van der Waals surface area contributed by atoms with Crippen LogP contribution in [-0.4, -0.2) is 60.1 Å². The minimum Gasteiger partial charge on any atom is -0.342 e. The van der Waals surface area contributed by atoms with Crippen LogP contribution in [0.3, 0.4) is 0 Å². The summed E-state index contributed by atoms with van der Waals surface area (Å²) >= 11 is 0. The molecule has 0 spiro atoms. The summed E-state index contributed by atoms with van der Waals surface area (Å²) in [5.74, 6) is -2.60. The third kappa shape index (κ3) is 4.61. The number of nitrogens with one attached hydrogen (secondary N) is 2. The molecule has 3 heterocycles. The number of hydrogen-bond donors (Lipinski definition) is 2.